The molecule has 2 aromatic rings. The van der Waals surface area contributed by atoms with Crippen molar-refractivity contribution in [1.82, 2.24) is 5.32 Å². The molecule has 1 amide bonds. The van der Waals surface area contributed by atoms with Crippen molar-refractivity contribution in [2.75, 3.05) is 11.9 Å². The molecule has 0 aliphatic carbocycles. The van der Waals surface area contributed by atoms with Gasteiger partial charge >= 0.3 is 0 Å². The van der Waals surface area contributed by atoms with Crippen LogP contribution in [0.3, 0.4) is 0 Å². The number of phenols is 1. The Hall–Kier alpha value is -3.20. The first-order valence-corrected chi connectivity index (χ1v) is 9.14. The third-order valence-electron chi connectivity index (χ3n) is 3.80. The number of unbranched alkanes of at least 4 members (excludes halogenated alkanes) is 2. The van der Waals surface area contributed by atoms with E-state index in [0.29, 0.717) is 17.9 Å². The molecule has 0 fully saturated rings. The summed E-state index contributed by atoms with van der Waals surface area (Å²) in [5.74, 6) is -0.101. The van der Waals surface area contributed by atoms with Gasteiger partial charge in [0.05, 0.1) is 23.3 Å². The molecule has 0 aliphatic rings. The number of benzene rings is 2. The predicted molar refractivity (Wildman–Crippen MR) is 110 cm³/mol. The van der Waals surface area contributed by atoms with Crippen LogP contribution in [0.2, 0.25) is 0 Å². The second kappa shape index (κ2) is 10.2. The van der Waals surface area contributed by atoms with Gasteiger partial charge < -0.3 is 15.2 Å². The van der Waals surface area contributed by atoms with E-state index in [1.807, 2.05) is 0 Å². The number of nitro groups is 1. The standard InChI is InChI=1S/C19H21N3O5S/c1-2-3-4-11-27-15-8-5-13(6-9-15)18(24)21-19(28)20-16-10-7-14(22(25)26)12-17(16)23/h5-10,12,23H,2-4,11H2,1H3,(H2,20,21,24,28). The van der Waals surface area contributed by atoms with Gasteiger partial charge in [-0.3, -0.25) is 20.2 Å². The van der Waals surface area contributed by atoms with Crippen LogP contribution in [0.15, 0.2) is 42.5 Å². The van der Waals surface area contributed by atoms with Gasteiger partial charge in [0.2, 0.25) is 0 Å². The first-order valence-electron chi connectivity index (χ1n) is 8.73. The highest BCUT2D eigenvalue weighted by atomic mass is 32.1. The Bertz CT molecular complexity index is 855. The summed E-state index contributed by atoms with van der Waals surface area (Å²) in [5, 5.41) is 25.6. The van der Waals surface area contributed by atoms with Gasteiger partial charge in [-0.15, -0.1) is 0 Å². The molecule has 0 saturated carbocycles. The SMILES string of the molecule is CCCCCOc1ccc(C(=O)NC(=S)Nc2ccc([N+](=O)[O-])cc2O)cc1. The average molecular weight is 403 g/mol. The van der Waals surface area contributed by atoms with Gasteiger partial charge in [0.25, 0.3) is 11.6 Å². The summed E-state index contributed by atoms with van der Waals surface area (Å²) in [6, 6.07) is 10.2. The number of ether oxygens (including phenoxy) is 1. The van der Waals surface area contributed by atoms with Crippen LogP contribution >= 0.6 is 12.2 Å². The average Bonchev–Trinajstić information content (AvgIpc) is 2.67. The molecule has 2 aromatic carbocycles. The Morgan fingerprint density at radius 3 is 2.54 bits per heavy atom. The quantitative estimate of drug-likeness (QED) is 0.201. The summed E-state index contributed by atoms with van der Waals surface area (Å²) < 4.78 is 5.60. The fraction of sp³-hybridized carbons (Fsp3) is 0.263. The number of anilines is 1. The van der Waals surface area contributed by atoms with Crippen molar-refractivity contribution in [3.05, 3.63) is 58.1 Å². The van der Waals surface area contributed by atoms with E-state index in [4.69, 9.17) is 17.0 Å². The molecule has 0 atom stereocenters. The fourth-order valence-electron chi connectivity index (χ4n) is 2.31. The number of hydrogen-bond donors (Lipinski definition) is 3. The van der Waals surface area contributed by atoms with E-state index in [1.54, 1.807) is 24.3 Å². The maximum Gasteiger partial charge on any atom is 0.273 e. The monoisotopic (exact) mass is 403 g/mol. The van der Waals surface area contributed by atoms with Crippen molar-refractivity contribution in [3.63, 3.8) is 0 Å². The molecule has 0 aliphatic heterocycles. The van der Waals surface area contributed by atoms with Gasteiger partial charge in [0, 0.05) is 11.6 Å². The lowest BCUT2D eigenvalue weighted by Crippen LogP contribution is -2.34. The first-order chi connectivity index (χ1) is 13.4. The molecule has 0 unspecified atom stereocenters. The summed E-state index contributed by atoms with van der Waals surface area (Å²) in [6.07, 6.45) is 3.21. The molecule has 0 spiro atoms. The van der Waals surface area contributed by atoms with E-state index in [9.17, 15) is 20.0 Å². The lowest BCUT2D eigenvalue weighted by atomic mass is 10.2. The molecule has 0 bridgehead atoms. The van der Waals surface area contributed by atoms with Crippen LogP contribution in [0.5, 0.6) is 11.5 Å². The number of aromatic hydroxyl groups is 1. The van der Waals surface area contributed by atoms with Crippen molar-refractivity contribution in [2.45, 2.75) is 26.2 Å². The molecule has 28 heavy (non-hydrogen) atoms. The predicted octanol–water partition coefficient (Wildman–Crippen LogP) is 4.00. The number of nitrogens with one attached hydrogen (secondary N) is 2. The van der Waals surface area contributed by atoms with E-state index in [2.05, 4.69) is 17.6 Å². The highest BCUT2D eigenvalue weighted by molar-refractivity contribution is 7.80. The number of carbonyl (C=O) groups is 1. The zero-order valence-corrected chi connectivity index (χ0v) is 16.1. The first kappa shape index (κ1) is 21.1. The minimum Gasteiger partial charge on any atom is -0.506 e. The largest absolute Gasteiger partial charge is 0.506 e. The van der Waals surface area contributed by atoms with Crippen LogP contribution in [-0.4, -0.2) is 27.7 Å². The van der Waals surface area contributed by atoms with Crippen molar-refractivity contribution in [3.8, 4) is 11.5 Å². The number of non-ortho nitro benzene ring substituents is 1. The Balaban J connectivity index is 1.90. The molecule has 148 valence electrons. The Morgan fingerprint density at radius 2 is 1.93 bits per heavy atom. The summed E-state index contributed by atoms with van der Waals surface area (Å²) in [7, 11) is 0. The van der Waals surface area contributed by atoms with Gasteiger partial charge in [-0.25, -0.2) is 0 Å². The Morgan fingerprint density at radius 1 is 1.21 bits per heavy atom. The molecular formula is C19H21N3O5S. The smallest absolute Gasteiger partial charge is 0.273 e. The van der Waals surface area contributed by atoms with Crippen LogP contribution in [0.4, 0.5) is 11.4 Å². The summed E-state index contributed by atoms with van der Waals surface area (Å²) >= 11 is 5.05. The van der Waals surface area contributed by atoms with Crippen LogP contribution in [0.25, 0.3) is 0 Å². The maximum absolute atomic E-state index is 12.3. The Kier molecular flexibility index (Phi) is 7.70. The van der Waals surface area contributed by atoms with Crippen LogP contribution in [0.1, 0.15) is 36.5 Å². The second-order valence-corrected chi connectivity index (χ2v) is 6.36. The summed E-state index contributed by atoms with van der Waals surface area (Å²) in [5.41, 5.74) is 0.278. The van der Waals surface area contributed by atoms with Crippen molar-refractivity contribution >= 4 is 34.6 Å². The summed E-state index contributed by atoms with van der Waals surface area (Å²) in [6.45, 7) is 2.75. The number of nitrogens with zero attached hydrogens (tertiary/aromatic N) is 1. The summed E-state index contributed by atoms with van der Waals surface area (Å²) in [4.78, 5) is 22.3. The van der Waals surface area contributed by atoms with Gasteiger partial charge in [-0.2, -0.15) is 0 Å². The van der Waals surface area contributed by atoms with E-state index in [1.165, 1.54) is 12.1 Å². The van der Waals surface area contributed by atoms with Crippen LogP contribution < -0.4 is 15.4 Å². The number of thiocarbonyl (C=S) groups is 1. The van der Waals surface area contributed by atoms with E-state index < -0.39 is 10.8 Å². The minimum absolute atomic E-state index is 0.0472. The zero-order valence-electron chi connectivity index (χ0n) is 15.3. The van der Waals surface area contributed by atoms with Crippen LogP contribution in [0, 0.1) is 10.1 Å². The van der Waals surface area contributed by atoms with Gasteiger partial charge in [-0.05, 0) is 49.0 Å². The second-order valence-electron chi connectivity index (χ2n) is 5.95. The highest BCUT2D eigenvalue weighted by Gasteiger charge is 2.13. The topological polar surface area (TPSA) is 114 Å². The molecule has 8 nitrogen and oxygen atoms in total. The minimum atomic E-state index is -0.624. The molecule has 2 rings (SSSR count). The third-order valence-corrected chi connectivity index (χ3v) is 4.00. The number of nitro benzene ring substituents is 1. The number of carbonyl (C=O) groups excluding carboxylic acids is 1. The highest BCUT2D eigenvalue weighted by Crippen LogP contribution is 2.27. The van der Waals surface area contributed by atoms with E-state index >= 15 is 0 Å². The van der Waals surface area contributed by atoms with E-state index in [-0.39, 0.29) is 22.2 Å². The van der Waals surface area contributed by atoms with Gasteiger partial charge in [-0.1, -0.05) is 19.8 Å². The van der Waals surface area contributed by atoms with Crippen LogP contribution in [-0.2, 0) is 0 Å². The number of phenolic OH excluding ortho intramolecular Hbond substituents is 1. The van der Waals surface area contributed by atoms with Gasteiger partial charge in [0.15, 0.2) is 5.11 Å². The molecule has 0 heterocycles. The maximum atomic E-state index is 12.3. The lowest BCUT2D eigenvalue weighted by molar-refractivity contribution is -0.384. The molecule has 3 N–H and O–H groups in total. The molecule has 0 saturated heterocycles. The van der Waals surface area contributed by atoms with Crippen molar-refractivity contribution in [1.29, 1.82) is 0 Å². The number of hydrogen-bond acceptors (Lipinski definition) is 6. The Labute approximate surface area is 167 Å². The van der Waals surface area contributed by atoms with Gasteiger partial charge in [0.1, 0.15) is 11.5 Å². The van der Waals surface area contributed by atoms with E-state index in [0.717, 1.165) is 25.3 Å². The van der Waals surface area contributed by atoms with Crippen molar-refractivity contribution < 1.29 is 19.6 Å². The molecule has 9 heteroatoms. The van der Waals surface area contributed by atoms with Crippen molar-refractivity contribution in [2.24, 2.45) is 0 Å². The number of amides is 1. The normalized spacial score (nSPS) is 10.2. The molecule has 0 radical (unpaired) electrons. The fourth-order valence-corrected chi connectivity index (χ4v) is 2.52. The zero-order chi connectivity index (χ0) is 20.5. The number of rotatable bonds is 8. The molecular weight excluding hydrogens is 382 g/mol. The lowest BCUT2D eigenvalue weighted by Gasteiger charge is -2.11. The molecule has 0 aromatic heterocycles. The third kappa shape index (κ3) is 6.20.